The molecule has 1 saturated heterocycles. The van der Waals surface area contributed by atoms with Crippen molar-refractivity contribution in [1.82, 2.24) is 19.6 Å². The van der Waals surface area contributed by atoms with Crippen LogP contribution in [0.25, 0.3) is 0 Å². The molecule has 1 aliphatic heterocycles. The molecule has 23 heavy (non-hydrogen) atoms. The lowest BCUT2D eigenvalue weighted by molar-refractivity contribution is 0.000428. The third-order valence-electron chi connectivity index (χ3n) is 3.59. The van der Waals surface area contributed by atoms with Crippen molar-refractivity contribution in [2.75, 3.05) is 32.5 Å². The molecule has 0 unspecified atom stereocenters. The highest BCUT2D eigenvalue weighted by atomic mass is 32.2. The van der Waals surface area contributed by atoms with Crippen LogP contribution in [-0.4, -0.2) is 67.2 Å². The van der Waals surface area contributed by atoms with Gasteiger partial charge in [-0.15, -0.1) is 0 Å². The fourth-order valence-corrected chi connectivity index (χ4v) is 3.24. The lowest BCUT2D eigenvalue weighted by atomic mass is 10.1. The molecule has 2 rings (SSSR count). The van der Waals surface area contributed by atoms with Crippen LogP contribution in [0, 0.1) is 0 Å². The molecule has 0 aromatic carbocycles. The first-order valence-corrected chi connectivity index (χ1v) is 9.40. The van der Waals surface area contributed by atoms with Gasteiger partial charge in [-0.3, -0.25) is 4.79 Å². The maximum atomic E-state index is 12.3. The molecule has 1 N–H and O–H groups in total. The minimum atomic E-state index is -3.24. The normalized spacial score (nSPS) is 19.5. The van der Waals surface area contributed by atoms with E-state index in [1.807, 2.05) is 6.92 Å². The van der Waals surface area contributed by atoms with E-state index in [1.54, 1.807) is 0 Å². The summed E-state index contributed by atoms with van der Waals surface area (Å²) in [5, 5.41) is 2.77. The van der Waals surface area contributed by atoms with Crippen molar-refractivity contribution >= 4 is 15.9 Å². The number of hydrogen-bond donors (Lipinski definition) is 1. The lowest BCUT2D eigenvalue weighted by Gasteiger charge is -2.31. The molecule has 1 aromatic rings. The topological polar surface area (TPSA) is 101 Å². The number of morpholine rings is 1. The Bertz CT molecular complexity index is 650. The first-order chi connectivity index (χ1) is 10.9. The fraction of sp³-hybridized carbons (Fsp3) is 0.643. The molecule has 0 radical (unpaired) electrons. The Labute approximate surface area is 136 Å². The predicted molar refractivity (Wildman–Crippen MR) is 84.5 cm³/mol. The van der Waals surface area contributed by atoms with Crippen molar-refractivity contribution < 1.29 is 17.9 Å². The van der Waals surface area contributed by atoms with Crippen LogP contribution in [0.1, 0.15) is 29.4 Å². The van der Waals surface area contributed by atoms with Gasteiger partial charge in [0.15, 0.2) is 0 Å². The van der Waals surface area contributed by atoms with Crippen molar-refractivity contribution in [3.05, 3.63) is 23.8 Å². The summed E-state index contributed by atoms with van der Waals surface area (Å²) in [6.07, 6.45) is 5.32. The third-order valence-corrected chi connectivity index (χ3v) is 4.86. The molecule has 0 aliphatic carbocycles. The molecule has 0 spiro atoms. The Kier molecular flexibility index (Phi) is 6.03. The van der Waals surface area contributed by atoms with Gasteiger partial charge >= 0.3 is 0 Å². The van der Waals surface area contributed by atoms with Crippen LogP contribution in [0.2, 0.25) is 0 Å². The number of nitrogens with zero attached hydrogens (tertiary/aromatic N) is 3. The second-order valence-electron chi connectivity index (χ2n) is 5.46. The van der Waals surface area contributed by atoms with Crippen LogP contribution in [0.15, 0.2) is 12.5 Å². The van der Waals surface area contributed by atoms with E-state index in [0.717, 1.165) is 6.42 Å². The van der Waals surface area contributed by atoms with Crippen LogP contribution in [-0.2, 0) is 21.2 Å². The molecule has 9 heteroatoms. The van der Waals surface area contributed by atoms with Gasteiger partial charge in [-0.2, -0.15) is 4.31 Å². The zero-order chi connectivity index (χ0) is 16.9. The first-order valence-electron chi connectivity index (χ1n) is 7.55. The third kappa shape index (κ3) is 4.95. The molecule has 1 fully saturated rings. The molecule has 1 atom stereocenters. The van der Waals surface area contributed by atoms with Crippen LogP contribution < -0.4 is 5.32 Å². The average molecular weight is 342 g/mol. The molecule has 1 aliphatic rings. The summed E-state index contributed by atoms with van der Waals surface area (Å²) in [4.78, 5) is 20.3. The number of aromatic nitrogens is 2. The highest BCUT2D eigenvalue weighted by Gasteiger charge is 2.27. The lowest BCUT2D eigenvalue weighted by Crippen LogP contribution is -2.49. The maximum absolute atomic E-state index is 12.3. The zero-order valence-corrected chi connectivity index (χ0v) is 14.2. The van der Waals surface area contributed by atoms with Gasteiger partial charge in [0.2, 0.25) is 10.0 Å². The number of hydrogen-bond acceptors (Lipinski definition) is 6. The average Bonchev–Trinajstić information content (AvgIpc) is 2.53. The van der Waals surface area contributed by atoms with E-state index in [-0.39, 0.29) is 25.1 Å². The van der Waals surface area contributed by atoms with E-state index < -0.39 is 10.0 Å². The van der Waals surface area contributed by atoms with Gasteiger partial charge in [-0.05, 0) is 6.42 Å². The quantitative estimate of drug-likeness (QED) is 0.769. The molecule has 8 nitrogen and oxygen atoms in total. The number of ether oxygens (including phenoxy) is 1. The van der Waals surface area contributed by atoms with E-state index in [1.165, 1.54) is 23.1 Å². The van der Waals surface area contributed by atoms with Crippen molar-refractivity contribution in [1.29, 1.82) is 0 Å². The van der Waals surface area contributed by atoms with Gasteiger partial charge in [-0.1, -0.05) is 13.3 Å². The second kappa shape index (κ2) is 7.80. The standard InChI is InChI=1S/C14H22N4O4S/c1-3-4-13-12(8-15-10-17-13)14(19)16-7-11-9-18(5-6-22-11)23(2,20)21/h8,10-11H,3-7,9H2,1-2H3,(H,16,19)/t11-/m0/s1. The van der Waals surface area contributed by atoms with Crippen molar-refractivity contribution in [2.24, 2.45) is 0 Å². The van der Waals surface area contributed by atoms with Gasteiger partial charge in [0.1, 0.15) is 6.33 Å². The number of aryl methyl sites for hydroxylation is 1. The minimum absolute atomic E-state index is 0.241. The molecule has 1 aromatic heterocycles. The van der Waals surface area contributed by atoms with E-state index >= 15 is 0 Å². The Hall–Kier alpha value is -1.58. The maximum Gasteiger partial charge on any atom is 0.254 e. The zero-order valence-electron chi connectivity index (χ0n) is 13.4. The summed E-state index contributed by atoms with van der Waals surface area (Å²) < 4.78 is 30.0. The SMILES string of the molecule is CCCc1ncncc1C(=O)NC[C@H]1CN(S(C)(=O)=O)CCO1. The number of sulfonamides is 1. The summed E-state index contributed by atoms with van der Waals surface area (Å²) in [6.45, 7) is 3.16. The van der Waals surface area contributed by atoms with Crippen molar-refractivity contribution in [3.8, 4) is 0 Å². The molecule has 0 bridgehead atoms. The monoisotopic (exact) mass is 342 g/mol. The molecule has 2 heterocycles. The first kappa shape index (κ1) is 17.8. The Balaban J connectivity index is 1.94. The Morgan fingerprint density at radius 2 is 2.30 bits per heavy atom. The van der Waals surface area contributed by atoms with Gasteiger partial charge in [0.25, 0.3) is 5.91 Å². The number of carbonyl (C=O) groups excluding carboxylic acids is 1. The molecule has 128 valence electrons. The Morgan fingerprint density at radius 1 is 1.52 bits per heavy atom. The highest BCUT2D eigenvalue weighted by molar-refractivity contribution is 7.88. The summed E-state index contributed by atoms with van der Waals surface area (Å²) >= 11 is 0. The molecule has 1 amide bonds. The van der Waals surface area contributed by atoms with Crippen LogP contribution in [0.5, 0.6) is 0 Å². The summed E-state index contributed by atoms with van der Waals surface area (Å²) in [5.41, 5.74) is 1.16. The van der Waals surface area contributed by atoms with Crippen LogP contribution in [0.4, 0.5) is 0 Å². The predicted octanol–water partition coefficient (Wildman–Crippen LogP) is -0.181. The van der Waals surface area contributed by atoms with E-state index in [4.69, 9.17) is 4.74 Å². The molecule has 0 saturated carbocycles. The van der Waals surface area contributed by atoms with Gasteiger partial charge in [-0.25, -0.2) is 18.4 Å². The smallest absolute Gasteiger partial charge is 0.254 e. The van der Waals surface area contributed by atoms with Crippen molar-refractivity contribution in [2.45, 2.75) is 25.9 Å². The van der Waals surface area contributed by atoms with Gasteiger partial charge in [0.05, 0.1) is 30.2 Å². The van der Waals surface area contributed by atoms with Crippen molar-refractivity contribution in [3.63, 3.8) is 0 Å². The van der Waals surface area contributed by atoms with Gasteiger partial charge in [0, 0.05) is 25.8 Å². The Morgan fingerprint density at radius 3 is 3.00 bits per heavy atom. The van der Waals surface area contributed by atoms with Crippen LogP contribution >= 0.6 is 0 Å². The van der Waals surface area contributed by atoms with Gasteiger partial charge < -0.3 is 10.1 Å². The van der Waals surface area contributed by atoms with E-state index in [9.17, 15) is 13.2 Å². The number of rotatable bonds is 6. The fourth-order valence-electron chi connectivity index (χ4n) is 2.40. The number of amides is 1. The molecular formula is C14H22N4O4S. The summed E-state index contributed by atoms with van der Waals surface area (Å²) in [5.74, 6) is -0.269. The number of carbonyl (C=O) groups is 1. The highest BCUT2D eigenvalue weighted by Crippen LogP contribution is 2.10. The van der Waals surface area contributed by atoms with Crippen LogP contribution in [0.3, 0.4) is 0 Å². The minimum Gasteiger partial charge on any atom is -0.374 e. The second-order valence-corrected chi connectivity index (χ2v) is 7.44. The summed E-state index contributed by atoms with van der Waals surface area (Å²) in [6, 6.07) is 0. The van der Waals surface area contributed by atoms with E-state index in [2.05, 4.69) is 15.3 Å². The molecular weight excluding hydrogens is 320 g/mol. The largest absolute Gasteiger partial charge is 0.374 e. The van der Waals surface area contributed by atoms with E-state index in [0.29, 0.717) is 30.8 Å². The summed E-state index contributed by atoms with van der Waals surface area (Å²) in [7, 11) is -3.24. The number of nitrogens with one attached hydrogen (secondary N) is 1.